The summed E-state index contributed by atoms with van der Waals surface area (Å²) in [5.41, 5.74) is 16.9. The van der Waals surface area contributed by atoms with Crippen molar-refractivity contribution in [3.05, 3.63) is 70.3 Å². The van der Waals surface area contributed by atoms with Crippen molar-refractivity contribution in [2.75, 3.05) is 20.3 Å². The van der Waals surface area contributed by atoms with Crippen LogP contribution in [0.2, 0.25) is 0 Å². The number of nitrogens with zero attached hydrogens (tertiary/aromatic N) is 1. The monoisotopic (exact) mass is 804 g/mol. The second-order valence-corrected chi connectivity index (χ2v) is 18.0. The number of phenolic OH excluding ortho intramolecular Hbond substituents is 1. The molecule has 2 bridgehead atoms. The van der Waals surface area contributed by atoms with Crippen molar-refractivity contribution in [3.8, 4) is 35.2 Å². The molecule has 0 spiro atoms. The van der Waals surface area contributed by atoms with Gasteiger partial charge in [-0.3, -0.25) is 4.79 Å². The van der Waals surface area contributed by atoms with Gasteiger partial charge in [-0.1, -0.05) is 87.6 Å². The smallest absolute Gasteiger partial charge is 0.186 e. The first-order valence-corrected chi connectivity index (χ1v) is 22.7. The Morgan fingerprint density at radius 2 is 1.75 bits per heavy atom. The summed E-state index contributed by atoms with van der Waals surface area (Å²) >= 11 is 0. The number of aliphatic hydroxyl groups excluding tert-OH is 1. The number of guanidine groups is 1. The standard InChI is InChI=1S/C51H69N3O5/c1-4-14-36(33-55)31-40(56)24-22-37-32-47(59-41-18-9-10-19-41)49(57)48-42(37)26-27-44-45(51(29-11-6-12-30-51)39-16-7-5-8-17-39)20-13-15-35(2)21-25-43(48)38(34-58-3)23-28-46(44)54-50(52)53/h5,7-8,16-17,31-32,35,38,41,43-46,55,57H,4,6,9-12,14-15,18-19,21-25,28-30,33-34H2,1-3H3,(H4,52,53,54)/t35-,38-,43+,44+,45+,46+/m0/s1. The van der Waals surface area contributed by atoms with Crippen molar-refractivity contribution >= 4 is 11.7 Å². The maximum Gasteiger partial charge on any atom is 0.186 e. The Kier molecular flexibility index (Phi) is 16.0. The molecule has 8 heteroatoms. The zero-order chi connectivity index (χ0) is 41.8. The Labute approximate surface area is 354 Å². The number of carbonyl (C=O) groups excluding carboxylic acids is 1. The van der Waals surface area contributed by atoms with Crippen LogP contribution < -0.4 is 16.2 Å². The van der Waals surface area contributed by atoms with Crippen molar-refractivity contribution in [3.63, 3.8) is 0 Å². The Morgan fingerprint density at radius 3 is 2.44 bits per heavy atom. The molecule has 2 aromatic rings. The van der Waals surface area contributed by atoms with Crippen LogP contribution in [0.4, 0.5) is 0 Å². The highest BCUT2D eigenvalue weighted by atomic mass is 16.5. The maximum atomic E-state index is 13.6. The number of fused-ring (bicyclic) bond motifs is 8. The molecule has 6 atom stereocenters. The van der Waals surface area contributed by atoms with Crippen LogP contribution in [0.25, 0.3) is 0 Å². The molecule has 318 valence electrons. The highest BCUT2D eigenvalue weighted by Crippen LogP contribution is 2.51. The number of rotatable bonds is 14. The number of aryl methyl sites for hydroxylation is 1. The Hall–Kier alpha value is -4.24. The van der Waals surface area contributed by atoms with Crippen LogP contribution in [0.3, 0.4) is 0 Å². The van der Waals surface area contributed by atoms with Crippen LogP contribution in [-0.4, -0.2) is 54.4 Å². The third-order valence-corrected chi connectivity index (χ3v) is 13.7. The molecule has 0 heterocycles. The molecule has 0 unspecified atom stereocenters. The molecule has 8 nitrogen and oxygen atoms in total. The first kappa shape index (κ1) is 44.3. The van der Waals surface area contributed by atoms with E-state index in [0.717, 1.165) is 106 Å². The molecule has 5 aliphatic carbocycles. The third-order valence-electron chi connectivity index (χ3n) is 13.7. The Morgan fingerprint density at radius 1 is 0.983 bits per heavy atom. The van der Waals surface area contributed by atoms with Crippen LogP contribution in [0, 0.1) is 47.4 Å². The molecule has 0 radical (unpaired) electrons. The average Bonchev–Trinajstić information content (AvgIpc) is 3.76. The Bertz CT molecular complexity index is 1900. The number of methoxy groups -OCH3 is 1. The van der Waals surface area contributed by atoms with E-state index < -0.39 is 0 Å². The second kappa shape index (κ2) is 21.3. The molecule has 2 aromatic carbocycles. The lowest BCUT2D eigenvalue weighted by atomic mass is 9.57. The fourth-order valence-corrected chi connectivity index (χ4v) is 10.7. The van der Waals surface area contributed by atoms with Gasteiger partial charge in [-0.2, -0.15) is 0 Å². The van der Waals surface area contributed by atoms with Crippen LogP contribution in [0.15, 0.2) is 53.0 Å². The number of hydrogen-bond acceptors (Lipinski definition) is 6. The predicted octanol–water partition coefficient (Wildman–Crippen LogP) is 9.03. The number of ether oxygens (including phenoxy) is 2. The molecule has 0 aliphatic heterocycles. The number of ketones is 1. The number of hydrogen-bond donors (Lipinski definition) is 4. The van der Waals surface area contributed by atoms with Gasteiger partial charge in [0.1, 0.15) is 0 Å². The fourth-order valence-electron chi connectivity index (χ4n) is 10.7. The van der Waals surface area contributed by atoms with Crippen molar-refractivity contribution in [2.45, 2.75) is 153 Å². The summed E-state index contributed by atoms with van der Waals surface area (Å²) in [6.07, 6.45) is 17.2. The van der Waals surface area contributed by atoms with Gasteiger partial charge < -0.3 is 31.2 Å². The summed E-state index contributed by atoms with van der Waals surface area (Å²) in [4.78, 5) is 18.6. The van der Waals surface area contributed by atoms with Crippen LogP contribution in [0.5, 0.6) is 11.5 Å². The van der Waals surface area contributed by atoms with E-state index in [4.69, 9.17) is 25.9 Å². The molecule has 0 saturated heterocycles. The minimum absolute atomic E-state index is 0.0206. The zero-order valence-corrected chi connectivity index (χ0v) is 35.9. The molecule has 59 heavy (non-hydrogen) atoms. The van der Waals surface area contributed by atoms with E-state index in [-0.39, 0.29) is 71.8 Å². The lowest BCUT2D eigenvalue weighted by Crippen LogP contribution is -2.44. The Balaban J connectivity index is 1.63. The van der Waals surface area contributed by atoms with Gasteiger partial charge in [0.05, 0.1) is 24.7 Å². The molecular weight excluding hydrogens is 735 g/mol. The summed E-state index contributed by atoms with van der Waals surface area (Å²) in [7, 11) is 1.75. The average molecular weight is 804 g/mol. The van der Waals surface area contributed by atoms with Crippen molar-refractivity contribution < 1.29 is 24.5 Å². The van der Waals surface area contributed by atoms with Gasteiger partial charge >= 0.3 is 0 Å². The summed E-state index contributed by atoms with van der Waals surface area (Å²) in [5, 5.41) is 22.6. The molecule has 7 rings (SSSR count). The molecule has 0 aromatic heterocycles. The van der Waals surface area contributed by atoms with E-state index in [1.54, 1.807) is 13.2 Å². The van der Waals surface area contributed by atoms with Crippen molar-refractivity contribution in [1.29, 1.82) is 0 Å². The molecule has 2 fully saturated rings. The quantitative estimate of drug-likeness (QED) is 0.0647. The van der Waals surface area contributed by atoms with Crippen LogP contribution in [-0.2, 0) is 21.4 Å². The number of allylic oxidation sites excluding steroid dienone is 1. The van der Waals surface area contributed by atoms with E-state index in [2.05, 4.69) is 60.9 Å². The summed E-state index contributed by atoms with van der Waals surface area (Å²) < 4.78 is 12.7. The van der Waals surface area contributed by atoms with Crippen molar-refractivity contribution in [2.24, 2.45) is 40.1 Å². The van der Waals surface area contributed by atoms with Crippen molar-refractivity contribution in [1.82, 2.24) is 0 Å². The maximum absolute atomic E-state index is 13.6. The van der Waals surface area contributed by atoms with Gasteiger partial charge in [-0.15, -0.1) is 5.92 Å². The minimum atomic E-state index is -0.332. The number of benzene rings is 2. The van der Waals surface area contributed by atoms with Gasteiger partial charge in [-0.25, -0.2) is 4.99 Å². The predicted molar refractivity (Wildman–Crippen MR) is 237 cm³/mol. The topological polar surface area (TPSA) is 140 Å². The SMILES string of the molecule is CCCC(=CC(=O)CCc1cc(OC2CCCC2)c(O)c2c1C#C[C@@H]1[C@H](C3(c4ccccc4)CCCCC3)C#CC[C@H](C)CC[C@@H]2[C@H](COC)CC[C@H]1N=C(N)N)CO. The fraction of sp³-hybridized carbons (Fsp3) is 0.608. The van der Waals surface area contributed by atoms with Gasteiger partial charge in [0.25, 0.3) is 0 Å². The van der Waals surface area contributed by atoms with Gasteiger partial charge in [-0.05, 0) is 124 Å². The largest absolute Gasteiger partial charge is 0.504 e. The molecule has 5 aliphatic rings. The van der Waals surface area contributed by atoms with Gasteiger partial charge in [0.2, 0.25) is 0 Å². The van der Waals surface area contributed by atoms with E-state index in [1.165, 1.54) is 12.0 Å². The molecule has 2 saturated carbocycles. The lowest BCUT2D eigenvalue weighted by molar-refractivity contribution is -0.114. The normalized spacial score (nSPS) is 25.9. The lowest BCUT2D eigenvalue weighted by Gasteiger charge is -2.45. The zero-order valence-electron chi connectivity index (χ0n) is 35.9. The van der Waals surface area contributed by atoms with E-state index in [0.29, 0.717) is 37.5 Å². The van der Waals surface area contributed by atoms with Crippen LogP contribution in [0.1, 0.15) is 151 Å². The highest BCUT2D eigenvalue weighted by molar-refractivity contribution is 5.90. The van der Waals surface area contributed by atoms with E-state index >= 15 is 0 Å². The highest BCUT2D eigenvalue weighted by Gasteiger charge is 2.47. The summed E-state index contributed by atoms with van der Waals surface area (Å²) in [5.74, 6) is 15.6. The molecule has 0 amide bonds. The number of carbonyl (C=O) groups is 1. The van der Waals surface area contributed by atoms with Gasteiger partial charge in [0, 0.05) is 49.0 Å². The number of aromatic hydroxyl groups is 1. The minimum Gasteiger partial charge on any atom is -0.504 e. The first-order valence-electron chi connectivity index (χ1n) is 22.7. The van der Waals surface area contributed by atoms with E-state index in [1.807, 2.05) is 13.0 Å². The molecule has 6 N–H and O–H groups in total. The van der Waals surface area contributed by atoms with E-state index in [9.17, 15) is 15.0 Å². The number of nitrogens with two attached hydrogens (primary N) is 2. The molecular formula is C51H69N3O5. The number of aliphatic imine (C=N–C) groups is 1. The summed E-state index contributed by atoms with van der Waals surface area (Å²) in [6.45, 7) is 4.70. The number of phenols is 1. The third kappa shape index (κ3) is 10.9. The number of aliphatic hydroxyl groups is 1. The first-order chi connectivity index (χ1) is 28.7. The van der Waals surface area contributed by atoms with Crippen LogP contribution >= 0.6 is 0 Å². The van der Waals surface area contributed by atoms with Gasteiger partial charge in [0.15, 0.2) is 23.2 Å². The second-order valence-electron chi connectivity index (χ2n) is 18.0. The summed E-state index contributed by atoms with van der Waals surface area (Å²) in [6, 6.07) is 12.5.